The number of nitrogens with one attached hydrogen (secondary N) is 2. The molecule has 2 aromatic carbocycles. The van der Waals surface area contributed by atoms with Crippen molar-refractivity contribution in [2.75, 3.05) is 6.54 Å². The van der Waals surface area contributed by atoms with Crippen LogP contribution in [0.3, 0.4) is 0 Å². The van der Waals surface area contributed by atoms with Crippen molar-refractivity contribution >= 4 is 18.0 Å². The average molecular weight is 472 g/mol. The number of aromatic hydroxyl groups is 2. The highest BCUT2D eigenvalue weighted by molar-refractivity contribution is 5.90. The molecule has 0 aromatic heterocycles. The molecule has 9 N–H and O–H groups in total. The first kappa shape index (κ1) is 24.8. The molecule has 0 spiro atoms. The molecule has 4 bridgehead atoms. The van der Waals surface area contributed by atoms with E-state index < -0.39 is 36.3 Å². The molecule has 0 fully saturated rings. The van der Waals surface area contributed by atoms with Crippen molar-refractivity contribution in [2.24, 2.45) is 11.5 Å². The summed E-state index contributed by atoms with van der Waals surface area (Å²) in [5.41, 5.74) is 13.7. The van der Waals surface area contributed by atoms with Gasteiger partial charge in [-0.15, -0.1) is 0 Å². The first-order valence-corrected chi connectivity index (χ1v) is 10.8. The molecule has 0 unspecified atom stereocenters. The van der Waals surface area contributed by atoms with Gasteiger partial charge in [0.15, 0.2) is 6.23 Å². The van der Waals surface area contributed by atoms with Crippen LogP contribution in [0, 0.1) is 0 Å². The number of ether oxygens (including phenoxy) is 1. The number of benzene rings is 2. The van der Waals surface area contributed by atoms with E-state index in [0.29, 0.717) is 28.7 Å². The van der Waals surface area contributed by atoms with Gasteiger partial charge in [-0.1, -0.05) is 12.1 Å². The highest BCUT2D eigenvalue weighted by Gasteiger charge is 2.27. The Morgan fingerprint density at radius 1 is 1.03 bits per heavy atom. The number of phenols is 2. The van der Waals surface area contributed by atoms with Crippen molar-refractivity contribution in [1.82, 2.24) is 10.6 Å². The van der Waals surface area contributed by atoms with Crippen LogP contribution in [0.5, 0.6) is 11.5 Å². The second kappa shape index (κ2) is 10.9. The van der Waals surface area contributed by atoms with E-state index in [1.54, 1.807) is 18.2 Å². The lowest BCUT2D eigenvalue weighted by atomic mass is 9.96. The maximum Gasteiger partial charge on any atom is 0.507 e. The number of nitrogens with two attached hydrogens (primary N) is 2. The molecule has 3 atom stereocenters. The molecule has 3 rings (SSSR count). The van der Waals surface area contributed by atoms with Gasteiger partial charge in [0.05, 0.1) is 6.04 Å². The monoisotopic (exact) mass is 472 g/mol. The maximum absolute atomic E-state index is 12.9. The topological polar surface area (TPSA) is 197 Å². The predicted molar refractivity (Wildman–Crippen MR) is 122 cm³/mol. The Morgan fingerprint density at radius 2 is 1.79 bits per heavy atom. The zero-order valence-corrected chi connectivity index (χ0v) is 18.4. The van der Waals surface area contributed by atoms with Crippen LogP contribution in [0.25, 0.3) is 11.1 Å². The first-order valence-electron chi connectivity index (χ1n) is 10.8. The van der Waals surface area contributed by atoms with Gasteiger partial charge < -0.3 is 42.2 Å². The summed E-state index contributed by atoms with van der Waals surface area (Å²) in [6, 6.07) is 7.27. The minimum atomic E-state index is -1.60. The van der Waals surface area contributed by atoms with E-state index in [-0.39, 0.29) is 37.3 Å². The van der Waals surface area contributed by atoms with E-state index in [4.69, 9.17) is 21.3 Å². The average Bonchev–Trinajstić information content (AvgIpc) is 2.76. The van der Waals surface area contributed by atoms with Gasteiger partial charge in [-0.2, -0.15) is 0 Å². The van der Waals surface area contributed by atoms with Crippen molar-refractivity contribution in [2.45, 2.75) is 44.0 Å². The number of carboxylic acid groups (broad SMARTS) is 1. The van der Waals surface area contributed by atoms with E-state index in [1.807, 2.05) is 0 Å². The minimum Gasteiger partial charge on any atom is -0.508 e. The van der Waals surface area contributed by atoms with Gasteiger partial charge in [0.1, 0.15) is 17.5 Å². The van der Waals surface area contributed by atoms with Crippen molar-refractivity contribution in [1.29, 1.82) is 0 Å². The summed E-state index contributed by atoms with van der Waals surface area (Å²) >= 11 is 0. The number of rotatable bonds is 4. The van der Waals surface area contributed by atoms with Crippen LogP contribution >= 0.6 is 0 Å². The molecular formula is C23H28N4O7. The standard InChI is InChI=1S/C23H28N4O7/c24-5-1-2-18-22(31)27-20(34-23(32)33)8-12-6-14(10-16(28)7-12)13-3-4-19(29)15(9-13)11-17(25)21(30)26-18/h3-4,6-7,9-10,17-18,20,28-29H,1-2,5,8,11,24-25H2,(H,26,30)(H,27,31)(H,32,33)/t17-,18-,20-/m0/s1. The normalized spacial score (nSPS) is 20.9. The molecule has 2 amide bonds. The van der Waals surface area contributed by atoms with Gasteiger partial charge in [-0.3, -0.25) is 9.59 Å². The van der Waals surface area contributed by atoms with Gasteiger partial charge >= 0.3 is 6.16 Å². The number of hydrogen-bond acceptors (Lipinski definition) is 8. The van der Waals surface area contributed by atoms with Gasteiger partial charge in [-0.25, -0.2) is 4.79 Å². The van der Waals surface area contributed by atoms with Crippen LogP contribution in [0.2, 0.25) is 0 Å². The Bertz CT molecular complexity index is 1080. The summed E-state index contributed by atoms with van der Waals surface area (Å²) in [5.74, 6) is -1.42. The zero-order chi connectivity index (χ0) is 24.8. The van der Waals surface area contributed by atoms with Crippen molar-refractivity contribution in [3.05, 3.63) is 47.5 Å². The van der Waals surface area contributed by atoms with Crippen LogP contribution in [-0.4, -0.2) is 58.1 Å². The fourth-order valence-electron chi connectivity index (χ4n) is 3.80. The fraction of sp³-hybridized carbons (Fsp3) is 0.348. The van der Waals surface area contributed by atoms with E-state index in [1.165, 1.54) is 18.2 Å². The molecule has 11 nitrogen and oxygen atoms in total. The molecule has 1 aliphatic heterocycles. The minimum absolute atomic E-state index is 0.00679. The highest BCUT2D eigenvalue weighted by Crippen LogP contribution is 2.30. The van der Waals surface area contributed by atoms with Gasteiger partial charge in [0.25, 0.3) is 0 Å². The summed E-state index contributed by atoms with van der Waals surface area (Å²) in [6.07, 6.45) is -2.37. The quantitative estimate of drug-likeness (QED) is 0.311. The maximum atomic E-state index is 12.9. The molecule has 34 heavy (non-hydrogen) atoms. The Hall–Kier alpha value is -3.83. The zero-order valence-electron chi connectivity index (χ0n) is 18.4. The lowest BCUT2D eigenvalue weighted by Crippen LogP contribution is -2.54. The van der Waals surface area contributed by atoms with Crippen LogP contribution in [0.15, 0.2) is 36.4 Å². The smallest absolute Gasteiger partial charge is 0.507 e. The number of carbonyl (C=O) groups excluding carboxylic acids is 2. The lowest BCUT2D eigenvalue weighted by Gasteiger charge is -2.24. The van der Waals surface area contributed by atoms with Gasteiger partial charge in [-0.05, 0) is 65.9 Å². The second-order valence-electron chi connectivity index (χ2n) is 8.12. The summed E-state index contributed by atoms with van der Waals surface area (Å²) in [4.78, 5) is 36.9. The third-order valence-electron chi connectivity index (χ3n) is 5.46. The first-order chi connectivity index (χ1) is 16.2. The Balaban J connectivity index is 2.07. The van der Waals surface area contributed by atoms with Crippen molar-refractivity contribution in [3.63, 3.8) is 0 Å². The third-order valence-corrected chi connectivity index (χ3v) is 5.46. The molecular weight excluding hydrogens is 444 g/mol. The van der Waals surface area contributed by atoms with Crippen molar-refractivity contribution in [3.8, 4) is 22.6 Å². The van der Waals surface area contributed by atoms with E-state index >= 15 is 0 Å². The molecule has 0 saturated heterocycles. The number of amides is 2. The molecule has 1 heterocycles. The predicted octanol–water partition coefficient (Wildman–Crippen LogP) is 0.551. The Labute approximate surface area is 195 Å². The molecule has 0 aliphatic carbocycles. The number of carbonyl (C=O) groups is 3. The molecule has 11 heteroatoms. The largest absolute Gasteiger partial charge is 0.508 e. The molecule has 0 saturated carbocycles. The van der Waals surface area contributed by atoms with Crippen LogP contribution in [0.4, 0.5) is 4.79 Å². The summed E-state index contributed by atoms with van der Waals surface area (Å²) in [5, 5.41) is 34.8. The van der Waals surface area contributed by atoms with Crippen LogP contribution < -0.4 is 22.1 Å². The Morgan fingerprint density at radius 3 is 2.50 bits per heavy atom. The molecule has 2 aromatic rings. The summed E-state index contributed by atoms with van der Waals surface area (Å²) in [6.45, 7) is 0.271. The summed E-state index contributed by atoms with van der Waals surface area (Å²) < 4.78 is 4.85. The lowest BCUT2D eigenvalue weighted by molar-refractivity contribution is -0.131. The summed E-state index contributed by atoms with van der Waals surface area (Å²) in [7, 11) is 0. The molecule has 0 radical (unpaired) electrons. The Kier molecular flexibility index (Phi) is 7.92. The second-order valence-corrected chi connectivity index (χ2v) is 8.12. The fourth-order valence-corrected chi connectivity index (χ4v) is 3.80. The highest BCUT2D eigenvalue weighted by atomic mass is 16.7. The van der Waals surface area contributed by atoms with E-state index in [9.17, 15) is 24.6 Å². The van der Waals surface area contributed by atoms with E-state index in [2.05, 4.69) is 10.6 Å². The third kappa shape index (κ3) is 6.36. The van der Waals surface area contributed by atoms with Crippen LogP contribution in [-0.2, 0) is 27.2 Å². The number of phenolic OH excluding ortho intramolecular Hbond substituents is 2. The number of fused-ring (bicyclic) bond motifs is 5. The molecule has 182 valence electrons. The SMILES string of the molecule is NCCC[C@@H]1NC(=O)[C@@H](N)Cc2cc(ccc2O)-c2cc(O)cc(c2)C[C@H](OC(=O)O)NC1=O. The van der Waals surface area contributed by atoms with Gasteiger partial charge in [0.2, 0.25) is 11.8 Å². The van der Waals surface area contributed by atoms with E-state index in [0.717, 1.165) is 0 Å². The van der Waals surface area contributed by atoms with Crippen LogP contribution in [0.1, 0.15) is 24.0 Å². The van der Waals surface area contributed by atoms with Crippen molar-refractivity contribution < 1.29 is 34.4 Å². The number of hydrogen-bond donors (Lipinski definition) is 7. The molecule has 1 aliphatic rings. The van der Waals surface area contributed by atoms with Gasteiger partial charge in [0, 0.05) is 12.8 Å².